The number of sulfonamides is 1. The van der Waals surface area contributed by atoms with Gasteiger partial charge < -0.3 is 14.0 Å². The summed E-state index contributed by atoms with van der Waals surface area (Å²) in [7, 11) is -2.06. The van der Waals surface area contributed by atoms with Crippen LogP contribution in [-0.2, 0) is 16.6 Å². The van der Waals surface area contributed by atoms with Crippen molar-refractivity contribution in [2.45, 2.75) is 11.4 Å². The Bertz CT molecular complexity index is 1040. The Hall–Kier alpha value is -2.84. The molecule has 0 spiro atoms. The van der Waals surface area contributed by atoms with Gasteiger partial charge in [0, 0.05) is 24.5 Å². The van der Waals surface area contributed by atoms with Gasteiger partial charge in [0.2, 0.25) is 16.8 Å². The molecule has 134 valence electrons. The molecule has 1 aliphatic rings. The van der Waals surface area contributed by atoms with Crippen molar-refractivity contribution in [2.75, 3.05) is 13.8 Å². The standard InChI is InChI=1S/C18H17N3O4S/c1-19-26(22,23)15-5-3-14(4-6-15)18-20-8-9-21(18)11-13-2-7-16-17(10-13)25-12-24-16/h2-10,19H,11-12H2,1H3. The zero-order chi connectivity index (χ0) is 18.1. The van der Waals surface area contributed by atoms with E-state index in [-0.39, 0.29) is 11.7 Å². The van der Waals surface area contributed by atoms with Crippen molar-refractivity contribution >= 4 is 10.0 Å². The Morgan fingerprint density at radius 1 is 1.12 bits per heavy atom. The Kier molecular flexibility index (Phi) is 4.14. The fourth-order valence-electron chi connectivity index (χ4n) is 2.83. The normalized spacial score (nSPS) is 13.1. The molecule has 4 rings (SSSR count). The van der Waals surface area contributed by atoms with Gasteiger partial charge in [-0.05, 0) is 49.0 Å². The zero-order valence-corrected chi connectivity index (χ0v) is 14.9. The maximum atomic E-state index is 11.8. The second-order valence-electron chi connectivity index (χ2n) is 5.80. The fraction of sp³-hybridized carbons (Fsp3) is 0.167. The van der Waals surface area contributed by atoms with E-state index < -0.39 is 10.0 Å². The first-order chi connectivity index (χ1) is 12.6. The molecule has 0 saturated carbocycles. The van der Waals surface area contributed by atoms with Crippen molar-refractivity contribution in [1.82, 2.24) is 14.3 Å². The van der Waals surface area contributed by atoms with Crippen LogP contribution >= 0.6 is 0 Å². The summed E-state index contributed by atoms with van der Waals surface area (Å²) in [6.45, 7) is 0.861. The number of benzene rings is 2. The van der Waals surface area contributed by atoms with E-state index in [0.29, 0.717) is 6.54 Å². The van der Waals surface area contributed by atoms with Gasteiger partial charge in [0.1, 0.15) is 5.82 Å². The van der Waals surface area contributed by atoms with E-state index in [1.807, 2.05) is 29.0 Å². The lowest BCUT2D eigenvalue weighted by atomic mass is 10.2. The molecule has 0 saturated heterocycles. The van der Waals surface area contributed by atoms with E-state index in [2.05, 4.69) is 9.71 Å². The number of nitrogens with one attached hydrogen (secondary N) is 1. The van der Waals surface area contributed by atoms with Crippen LogP contribution in [0.5, 0.6) is 11.5 Å². The summed E-state index contributed by atoms with van der Waals surface area (Å²) < 4.78 is 38.7. The molecule has 26 heavy (non-hydrogen) atoms. The maximum Gasteiger partial charge on any atom is 0.240 e. The number of nitrogens with zero attached hydrogens (tertiary/aromatic N) is 2. The van der Waals surface area contributed by atoms with E-state index in [4.69, 9.17) is 9.47 Å². The Labute approximate surface area is 151 Å². The van der Waals surface area contributed by atoms with E-state index in [1.54, 1.807) is 30.5 Å². The topological polar surface area (TPSA) is 82.5 Å². The number of rotatable bonds is 5. The second-order valence-corrected chi connectivity index (χ2v) is 7.68. The minimum Gasteiger partial charge on any atom is -0.454 e. The van der Waals surface area contributed by atoms with Crippen LogP contribution in [0.2, 0.25) is 0 Å². The summed E-state index contributed by atoms with van der Waals surface area (Å²) in [5.41, 5.74) is 1.90. The lowest BCUT2D eigenvalue weighted by Crippen LogP contribution is -2.18. The van der Waals surface area contributed by atoms with Crippen LogP contribution in [0.4, 0.5) is 0 Å². The highest BCUT2D eigenvalue weighted by atomic mass is 32.2. The van der Waals surface area contributed by atoms with Crippen LogP contribution in [0.25, 0.3) is 11.4 Å². The molecule has 0 aliphatic carbocycles. The van der Waals surface area contributed by atoms with E-state index in [9.17, 15) is 8.42 Å². The summed E-state index contributed by atoms with van der Waals surface area (Å²) in [5, 5.41) is 0. The van der Waals surface area contributed by atoms with E-state index >= 15 is 0 Å². The Morgan fingerprint density at radius 2 is 1.88 bits per heavy atom. The minimum atomic E-state index is -3.45. The molecule has 0 fully saturated rings. The molecule has 0 unspecified atom stereocenters. The predicted octanol–water partition coefficient (Wildman–Crippen LogP) is 2.24. The number of imidazole rings is 1. The highest BCUT2D eigenvalue weighted by Crippen LogP contribution is 2.33. The summed E-state index contributed by atoms with van der Waals surface area (Å²) in [4.78, 5) is 4.63. The quantitative estimate of drug-likeness (QED) is 0.744. The maximum absolute atomic E-state index is 11.8. The summed E-state index contributed by atoms with van der Waals surface area (Å²) >= 11 is 0. The molecule has 1 aromatic heterocycles. The molecule has 8 heteroatoms. The molecule has 0 amide bonds. The van der Waals surface area contributed by atoms with Gasteiger partial charge in [-0.1, -0.05) is 6.07 Å². The van der Waals surface area contributed by atoms with Crippen LogP contribution in [0.3, 0.4) is 0 Å². The van der Waals surface area contributed by atoms with Gasteiger partial charge in [0.25, 0.3) is 0 Å². The van der Waals surface area contributed by atoms with Gasteiger partial charge in [0.15, 0.2) is 11.5 Å². The molecule has 0 atom stereocenters. The average Bonchev–Trinajstić information content (AvgIpc) is 3.30. The van der Waals surface area contributed by atoms with Crippen LogP contribution in [0, 0.1) is 0 Å². The highest BCUT2D eigenvalue weighted by Gasteiger charge is 2.15. The third kappa shape index (κ3) is 3.04. The van der Waals surface area contributed by atoms with Crippen molar-refractivity contribution < 1.29 is 17.9 Å². The summed E-state index contributed by atoms with van der Waals surface area (Å²) in [6.07, 6.45) is 3.61. The minimum absolute atomic E-state index is 0.220. The molecule has 7 nitrogen and oxygen atoms in total. The molecule has 0 radical (unpaired) electrons. The number of aromatic nitrogens is 2. The predicted molar refractivity (Wildman–Crippen MR) is 95.6 cm³/mol. The van der Waals surface area contributed by atoms with E-state index in [0.717, 1.165) is 28.5 Å². The number of hydrogen-bond acceptors (Lipinski definition) is 5. The smallest absolute Gasteiger partial charge is 0.240 e. The average molecular weight is 371 g/mol. The van der Waals surface area contributed by atoms with Crippen LogP contribution in [0.15, 0.2) is 59.8 Å². The van der Waals surface area contributed by atoms with Crippen molar-refractivity contribution in [3.05, 3.63) is 60.4 Å². The van der Waals surface area contributed by atoms with Gasteiger partial charge >= 0.3 is 0 Å². The number of ether oxygens (including phenoxy) is 2. The van der Waals surface area contributed by atoms with Gasteiger partial charge in [0.05, 0.1) is 4.90 Å². The Morgan fingerprint density at radius 3 is 2.65 bits per heavy atom. The number of hydrogen-bond donors (Lipinski definition) is 1. The van der Waals surface area contributed by atoms with Crippen molar-refractivity contribution in [3.63, 3.8) is 0 Å². The first-order valence-corrected chi connectivity index (χ1v) is 9.49. The second kappa shape index (κ2) is 6.47. The van der Waals surface area contributed by atoms with Gasteiger partial charge in [-0.15, -0.1) is 0 Å². The van der Waals surface area contributed by atoms with Crippen LogP contribution < -0.4 is 14.2 Å². The van der Waals surface area contributed by atoms with Crippen molar-refractivity contribution in [1.29, 1.82) is 0 Å². The molecule has 2 aromatic carbocycles. The summed E-state index contributed by atoms with van der Waals surface area (Å²) in [6, 6.07) is 12.5. The summed E-state index contributed by atoms with van der Waals surface area (Å²) in [5.74, 6) is 2.25. The van der Waals surface area contributed by atoms with Crippen LogP contribution in [-0.4, -0.2) is 31.8 Å². The lowest BCUT2D eigenvalue weighted by molar-refractivity contribution is 0.174. The zero-order valence-electron chi connectivity index (χ0n) is 14.0. The monoisotopic (exact) mass is 371 g/mol. The van der Waals surface area contributed by atoms with Gasteiger partial charge in [-0.2, -0.15) is 0 Å². The van der Waals surface area contributed by atoms with Crippen molar-refractivity contribution in [3.8, 4) is 22.9 Å². The van der Waals surface area contributed by atoms with E-state index in [1.165, 1.54) is 7.05 Å². The highest BCUT2D eigenvalue weighted by molar-refractivity contribution is 7.89. The molecule has 1 aliphatic heterocycles. The largest absolute Gasteiger partial charge is 0.454 e. The molecular formula is C18H17N3O4S. The van der Waals surface area contributed by atoms with Crippen LogP contribution in [0.1, 0.15) is 5.56 Å². The SMILES string of the molecule is CNS(=O)(=O)c1ccc(-c2nccn2Cc2ccc3c(c2)OCO3)cc1. The molecule has 1 N–H and O–H groups in total. The van der Waals surface area contributed by atoms with Gasteiger partial charge in [-0.3, -0.25) is 0 Å². The first kappa shape index (κ1) is 16.6. The molecular weight excluding hydrogens is 354 g/mol. The molecule has 0 bridgehead atoms. The molecule has 2 heterocycles. The third-order valence-corrected chi connectivity index (χ3v) is 5.63. The van der Waals surface area contributed by atoms with Crippen molar-refractivity contribution in [2.24, 2.45) is 0 Å². The van der Waals surface area contributed by atoms with Gasteiger partial charge in [-0.25, -0.2) is 18.1 Å². The third-order valence-electron chi connectivity index (χ3n) is 4.20. The number of fused-ring (bicyclic) bond motifs is 1. The lowest BCUT2D eigenvalue weighted by Gasteiger charge is -2.10. The first-order valence-electron chi connectivity index (χ1n) is 8.00. The fourth-order valence-corrected chi connectivity index (χ4v) is 3.56. The molecule has 3 aromatic rings. The Balaban J connectivity index is 1.61.